The number of hydrogen-bond donors (Lipinski definition) is 0. The van der Waals surface area contributed by atoms with E-state index in [-0.39, 0.29) is 6.10 Å². The van der Waals surface area contributed by atoms with E-state index >= 15 is 0 Å². The van der Waals surface area contributed by atoms with E-state index in [1.807, 2.05) is 24.3 Å². The Hall–Kier alpha value is -1.37. The Bertz CT molecular complexity index is 695. The van der Waals surface area contributed by atoms with E-state index in [9.17, 15) is 8.42 Å². The van der Waals surface area contributed by atoms with Crippen molar-refractivity contribution in [1.29, 1.82) is 0 Å². The molecule has 2 heterocycles. The van der Waals surface area contributed by atoms with E-state index in [0.717, 1.165) is 11.3 Å². The van der Waals surface area contributed by atoms with Crippen molar-refractivity contribution in [3.05, 3.63) is 47.3 Å². The zero-order valence-electron chi connectivity index (χ0n) is 11.0. The lowest BCUT2D eigenvalue weighted by Crippen LogP contribution is -2.36. The van der Waals surface area contributed by atoms with Crippen LogP contribution >= 0.6 is 11.3 Å². The maximum Gasteiger partial charge on any atom is 0.273 e. The summed E-state index contributed by atoms with van der Waals surface area (Å²) in [7, 11) is -1.81. The molecule has 106 valence electrons. The van der Waals surface area contributed by atoms with Crippen LogP contribution in [0.5, 0.6) is 0 Å². The van der Waals surface area contributed by atoms with Crippen molar-refractivity contribution in [3.8, 4) is 0 Å². The quantitative estimate of drug-likeness (QED) is 0.875. The molecule has 4 nitrogen and oxygen atoms in total. The van der Waals surface area contributed by atoms with Crippen LogP contribution in [0.4, 0.5) is 5.69 Å². The van der Waals surface area contributed by atoms with Gasteiger partial charge in [0.1, 0.15) is 4.21 Å². The normalized spacial score (nSPS) is 18.9. The fourth-order valence-corrected chi connectivity index (χ4v) is 5.12. The molecule has 1 atom stereocenters. The zero-order valence-corrected chi connectivity index (χ0v) is 12.7. The van der Waals surface area contributed by atoms with Gasteiger partial charge in [-0.25, -0.2) is 8.42 Å². The molecule has 0 N–H and O–H groups in total. The molecular weight excluding hydrogens is 294 g/mol. The lowest BCUT2D eigenvalue weighted by atomic mass is 10.0. The number of methoxy groups -OCH3 is 1. The van der Waals surface area contributed by atoms with Gasteiger partial charge < -0.3 is 4.74 Å². The molecule has 0 fully saturated rings. The number of ether oxygens (including phenoxy) is 1. The van der Waals surface area contributed by atoms with Gasteiger partial charge >= 0.3 is 0 Å². The highest BCUT2D eigenvalue weighted by Gasteiger charge is 2.33. The van der Waals surface area contributed by atoms with Crippen LogP contribution in [-0.4, -0.2) is 22.1 Å². The van der Waals surface area contributed by atoms with Crippen LogP contribution < -0.4 is 4.31 Å². The van der Waals surface area contributed by atoms with Crippen LogP contribution in [-0.2, 0) is 14.8 Å². The highest BCUT2D eigenvalue weighted by Crippen LogP contribution is 2.38. The van der Waals surface area contributed by atoms with Gasteiger partial charge in [0.05, 0.1) is 11.8 Å². The zero-order chi connectivity index (χ0) is 14.2. The predicted molar refractivity (Wildman–Crippen MR) is 79.7 cm³/mol. The smallest absolute Gasteiger partial charge is 0.273 e. The van der Waals surface area contributed by atoms with Gasteiger partial charge in [-0.05, 0) is 23.9 Å². The van der Waals surface area contributed by atoms with Crippen LogP contribution in [0.1, 0.15) is 18.1 Å². The fourth-order valence-electron chi connectivity index (χ4n) is 2.51. The fraction of sp³-hybridized carbons (Fsp3) is 0.286. The van der Waals surface area contributed by atoms with Gasteiger partial charge in [0, 0.05) is 19.2 Å². The Kier molecular flexibility index (Phi) is 3.54. The number of para-hydroxylation sites is 1. The summed E-state index contributed by atoms with van der Waals surface area (Å²) in [5.74, 6) is 0. The van der Waals surface area contributed by atoms with Crippen molar-refractivity contribution in [2.75, 3.05) is 18.0 Å². The van der Waals surface area contributed by atoms with Crippen LogP contribution in [0.2, 0.25) is 0 Å². The second-order valence-corrected chi connectivity index (χ2v) is 7.62. The number of hydrogen-bond acceptors (Lipinski definition) is 4. The summed E-state index contributed by atoms with van der Waals surface area (Å²) in [6.07, 6.45) is 0.624. The molecule has 0 bridgehead atoms. The third-order valence-corrected chi connectivity index (χ3v) is 6.66. The highest BCUT2D eigenvalue weighted by atomic mass is 32.2. The number of fused-ring (bicyclic) bond motifs is 1. The molecule has 0 spiro atoms. The molecule has 0 saturated carbocycles. The number of thiophene rings is 1. The molecule has 0 saturated heterocycles. The Morgan fingerprint density at radius 3 is 2.75 bits per heavy atom. The van der Waals surface area contributed by atoms with Gasteiger partial charge in [0.2, 0.25) is 0 Å². The minimum Gasteiger partial charge on any atom is -0.377 e. The Balaban J connectivity index is 2.09. The summed E-state index contributed by atoms with van der Waals surface area (Å²) in [4.78, 5) is 0. The van der Waals surface area contributed by atoms with Crippen molar-refractivity contribution in [2.24, 2.45) is 0 Å². The minimum absolute atomic E-state index is 0.0408. The second kappa shape index (κ2) is 5.20. The summed E-state index contributed by atoms with van der Waals surface area (Å²) in [5.41, 5.74) is 1.65. The summed E-state index contributed by atoms with van der Waals surface area (Å²) in [6, 6.07) is 10.9. The largest absolute Gasteiger partial charge is 0.377 e. The van der Waals surface area contributed by atoms with E-state index in [1.165, 1.54) is 15.6 Å². The Morgan fingerprint density at radius 2 is 2.05 bits per heavy atom. The van der Waals surface area contributed by atoms with Gasteiger partial charge in [-0.15, -0.1) is 11.3 Å². The van der Waals surface area contributed by atoms with E-state index in [0.29, 0.717) is 17.2 Å². The molecule has 1 aliphatic heterocycles. The first-order valence-corrected chi connectivity index (χ1v) is 8.64. The summed E-state index contributed by atoms with van der Waals surface area (Å²) < 4.78 is 32.7. The van der Waals surface area contributed by atoms with Crippen molar-refractivity contribution in [1.82, 2.24) is 0 Å². The van der Waals surface area contributed by atoms with E-state index < -0.39 is 10.0 Å². The maximum atomic E-state index is 12.7. The van der Waals surface area contributed by atoms with Crippen molar-refractivity contribution in [2.45, 2.75) is 16.7 Å². The summed E-state index contributed by atoms with van der Waals surface area (Å²) in [6.45, 7) is 0.440. The first-order chi connectivity index (χ1) is 9.64. The molecule has 0 amide bonds. The first kappa shape index (κ1) is 13.6. The number of rotatable bonds is 3. The molecule has 1 aromatic heterocycles. The molecule has 1 aliphatic rings. The monoisotopic (exact) mass is 309 g/mol. The molecule has 1 unspecified atom stereocenters. The molecule has 0 aliphatic carbocycles. The van der Waals surface area contributed by atoms with Crippen molar-refractivity contribution < 1.29 is 13.2 Å². The van der Waals surface area contributed by atoms with Gasteiger partial charge in [-0.1, -0.05) is 24.3 Å². The van der Waals surface area contributed by atoms with Crippen molar-refractivity contribution >= 4 is 27.0 Å². The Morgan fingerprint density at radius 1 is 1.25 bits per heavy atom. The molecular formula is C14H15NO3S2. The number of sulfonamides is 1. The average Bonchev–Trinajstić information content (AvgIpc) is 3.01. The molecule has 2 aromatic rings. The Labute approximate surface area is 122 Å². The van der Waals surface area contributed by atoms with Crippen molar-refractivity contribution in [3.63, 3.8) is 0 Å². The second-order valence-electron chi connectivity index (χ2n) is 4.58. The lowest BCUT2D eigenvalue weighted by Gasteiger charge is -2.33. The third kappa shape index (κ3) is 2.13. The molecule has 3 rings (SSSR count). The van der Waals surface area contributed by atoms with Gasteiger partial charge in [0.15, 0.2) is 0 Å². The van der Waals surface area contributed by atoms with Crippen LogP contribution in [0, 0.1) is 0 Å². The number of anilines is 1. The minimum atomic E-state index is -3.47. The average molecular weight is 309 g/mol. The summed E-state index contributed by atoms with van der Waals surface area (Å²) >= 11 is 1.24. The van der Waals surface area contributed by atoms with E-state index in [2.05, 4.69) is 0 Å². The molecule has 0 radical (unpaired) electrons. The first-order valence-electron chi connectivity index (χ1n) is 6.32. The summed E-state index contributed by atoms with van der Waals surface area (Å²) in [5, 5.41) is 1.78. The molecule has 1 aromatic carbocycles. The standard InChI is InChI=1S/C14H15NO3S2/c1-18-13-8-9-15(12-6-3-2-5-11(12)13)20(16,17)14-7-4-10-19-14/h2-7,10,13H,8-9H2,1H3. The van der Waals surface area contributed by atoms with Gasteiger partial charge in [-0.2, -0.15) is 0 Å². The van der Waals surface area contributed by atoms with Crippen LogP contribution in [0.25, 0.3) is 0 Å². The van der Waals surface area contributed by atoms with E-state index in [1.54, 1.807) is 24.6 Å². The van der Waals surface area contributed by atoms with Crippen LogP contribution in [0.3, 0.4) is 0 Å². The highest BCUT2D eigenvalue weighted by molar-refractivity contribution is 7.94. The maximum absolute atomic E-state index is 12.7. The number of nitrogens with zero attached hydrogens (tertiary/aromatic N) is 1. The topological polar surface area (TPSA) is 46.6 Å². The lowest BCUT2D eigenvalue weighted by molar-refractivity contribution is 0.0951. The van der Waals surface area contributed by atoms with E-state index in [4.69, 9.17) is 4.74 Å². The van der Waals surface area contributed by atoms with Gasteiger partial charge in [-0.3, -0.25) is 4.31 Å². The van der Waals surface area contributed by atoms with Crippen LogP contribution in [0.15, 0.2) is 46.0 Å². The molecule has 6 heteroatoms. The number of benzene rings is 1. The third-order valence-electron chi connectivity index (χ3n) is 3.47. The van der Waals surface area contributed by atoms with Gasteiger partial charge in [0.25, 0.3) is 10.0 Å². The predicted octanol–water partition coefficient (Wildman–Crippen LogP) is 3.03. The molecule has 20 heavy (non-hydrogen) atoms. The SMILES string of the molecule is COC1CCN(S(=O)(=O)c2cccs2)c2ccccc21.